The summed E-state index contributed by atoms with van der Waals surface area (Å²) >= 11 is 2.95. The summed E-state index contributed by atoms with van der Waals surface area (Å²) in [4.78, 5) is 31.4. The Hall–Kier alpha value is -3.37. The zero-order valence-electron chi connectivity index (χ0n) is 17.7. The molecular weight excluding hydrogens is 460 g/mol. The standard InChI is InChI=1S/C23H20N4O4S2/c1-2-5-20-26-27-21(28)11-15(24-23(27)33-20)12-32-19-7-4-3-6-16(19)25-22(29)14-8-9-17-18(10-14)31-13-30-17/h3-4,6-11H,2,5,12-13H2,1H3,(H,25,29). The number of carbonyl (C=O) groups is 1. The minimum absolute atomic E-state index is 0.157. The van der Waals surface area contributed by atoms with Crippen molar-refractivity contribution in [2.75, 3.05) is 12.1 Å². The van der Waals surface area contributed by atoms with Crippen molar-refractivity contribution in [3.8, 4) is 11.5 Å². The highest BCUT2D eigenvalue weighted by Gasteiger charge is 2.17. The van der Waals surface area contributed by atoms with E-state index in [1.54, 1.807) is 18.2 Å². The molecular formula is C23H20N4O4S2. The van der Waals surface area contributed by atoms with Crippen molar-refractivity contribution in [1.29, 1.82) is 0 Å². The molecule has 0 saturated heterocycles. The maximum atomic E-state index is 12.8. The topological polar surface area (TPSA) is 94.8 Å². The molecule has 4 aromatic rings. The fourth-order valence-electron chi connectivity index (χ4n) is 3.36. The van der Waals surface area contributed by atoms with Crippen LogP contribution in [-0.2, 0) is 12.2 Å². The van der Waals surface area contributed by atoms with Crippen LogP contribution in [0.3, 0.4) is 0 Å². The summed E-state index contributed by atoms with van der Waals surface area (Å²) < 4.78 is 12.0. The van der Waals surface area contributed by atoms with Gasteiger partial charge in [0.25, 0.3) is 11.5 Å². The van der Waals surface area contributed by atoms with Crippen LogP contribution in [0, 0.1) is 0 Å². The largest absolute Gasteiger partial charge is 0.454 e. The number of hydrogen-bond donors (Lipinski definition) is 1. The molecule has 8 nitrogen and oxygen atoms in total. The van der Waals surface area contributed by atoms with Crippen LogP contribution in [0.15, 0.2) is 58.2 Å². The van der Waals surface area contributed by atoms with Crippen molar-refractivity contribution in [1.82, 2.24) is 14.6 Å². The highest BCUT2D eigenvalue weighted by molar-refractivity contribution is 7.98. The SMILES string of the molecule is CCCc1nn2c(=O)cc(CSc3ccccc3NC(=O)c3ccc4c(c3)OCO4)nc2s1. The minimum Gasteiger partial charge on any atom is -0.454 e. The van der Waals surface area contributed by atoms with Crippen LogP contribution in [0.4, 0.5) is 5.69 Å². The van der Waals surface area contributed by atoms with Gasteiger partial charge in [0.15, 0.2) is 11.5 Å². The molecule has 168 valence electrons. The maximum Gasteiger partial charge on any atom is 0.275 e. The Morgan fingerprint density at radius 2 is 2.03 bits per heavy atom. The smallest absolute Gasteiger partial charge is 0.275 e. The van der Waals surface area contributed by atoms with Gasteiger partial charge in [0.05, 0.1) is 11.4 Å². The third-order valence-electron chi connectivity index (χ3n) is 4.95. The van der Waals surface area contributed by atoms with Gasteiger partial charge < -0.3 is 14.8 Å². The Bertz CT molecular complexity index is 1400. The molecule has 10 heteroatoms. The molecule has 0 radical (unpaired) electrons. The number of nitrogens with one attached hydrogen (secondary N) is 1. The molecule has 1 aliphatic heterocycles. The number of aryl methyl sites for hydroxylation is 1. The highest BCUT2D eigenvalue weighted by Crippen LogP contribution is 2.34. The summed E-state index contributed by atoms with van der Waals surface area (Å²) in [6, 6.07) is 14.2. The highest BCUT2D eigenvalue weighted by atomic mass is 32.2. The number of thioether (sulfide) groups is 1. The van der Waals surface area contributed by atoms with E-state index in [2.05, 4.69) is 22.3 Å². The lowest BCUT2D eigenvalue weighted by atomic mass is 10.2. The van der Waals surface area contributed by atoms with Gasteiger partial charge in [-0.25, -0.2) is 4.98 Å². The second-order valence-corrected chi connectivity index (χ2v) is 9.39. The molecule has 0 aliphatic carbocycles. The predicted molar refractivity (Wildman–Crippen MR) is 128 cm³/mol. The van der Waals surface area contributed by atoms with E-state index >= 15 is 0 Å². The molecule has 1 amide bonds. The molecule has 3 heterocycles. The van der Waals surface area contributed by atoms with E-state index in [-0.39, 0.29) is 18.3 Å². The van der Waals surface area contributed by atoms with Crippen molar-refractivity contribution >= 4 is 39.7 Å². The monoisotopic (exact) mass is 480 g/mol. The fourth-order valence-corrected chi connectivity index (χ4v) is 5.28. The van der Waals surface area contributed by atoms with Crippen molar-refractivity contribution in [3.05, 3.63) is 75.1 Å². The molecule has 1 N–H and O–H groups in total. The summed E-state index contributed by atoms with van der Waals surface area (Å²) in [5.41, 5.74) is 1.66. The van der Waals surface area contributed by atoms with Gasteiger partial charge in [-0.05, 0) is 36.8 Å². The summed E-state index contributed by atoms with van der Waals surface area (Å²) in [5.74, 6) is 1.44. The minimum atomic E-state index is -0.243. The number of aromatic nitrogens is 3. The van der Waals surface area contributed by atoms with Crippen LogP contribution in [0.2, 0.25) is 0 Å². The van der Waals surface area contributed by atoms with Crippen LogP contribution in [0.5, 0.6) is 11.5 Å². The van der Waals surface area contributed by atoms with Gasteiger partial charge in [-0.3, -0.25) is 9.59 Å². The van der Waals surface area contributed by atoms with Crippen molar-refractivity contribution < 1.29 is 14.3 Å². The number of nitrogens with zero attached hydrogens (tertiary/aromatic N) is 3. The third-order valence-corrected chi connectivity index (χ3v) is 7.02. The van der Waals surface area contributed by atoms with E-state index in [9.17, 15) is 9.59 Å². The number of rotatable bonds is 7. The first kappa shape index (κ1) is 21.5. The van der Waals surface area contributed by atoms with Crippen LogP contribution >= 0.6 is 23.1 Å². The average Bonchev–Trinajstić information content (AvgIpc) is 3.45. The summed E-state index contributed by atoms with van der Waals surface area (Å²) in [7, 11) is 0. The van der Waals surface area contributed by atoms with E-state index in [0.29, 0.717) is 39.2 Å². The molecule has 0 unspecified atom stereocenters. The number of amides is 1. The molecule has 2 aromatic heterocycles. The molecule has 5 rings (SSSR count). The van der Waals surface area contributed by atoms with Crippen molar-refractivity contribution in [2.45, 2.75) is 30.4 Å². The van der Waals surface area contributed by atoms with E-state index in [1.807, 2.05) is 24.3 Å². The van der Waals surface area contributed by atoms with Gasteiger partial charge in [0, 0.05) is 28.7 Å². The maximum absolute atomic E-state index is 12.8. The lowest BCUT2D eigenvalue weighted by Gasteiger charge is -2.11. The molecule has 2 aromatic carbocycles. The first-order valence-electron chi connectivity index (χ1n) is 10.4. The molecule has 0 fully saturated rings. The Kier molecular flexibility index (Phi) is 6.01. The Balaban J connectivity index is 1.32. The Morgan fingerprint density at radius 3 is 2.91 bits per heavy atom. The van der Waals surface area contributed by atoms with Crippen LogP contribution < -0.4 is 20.3 Å². The van der Waals surface area contributed by atoms with E-state index < -0.39 is 0 Å². The van der Waals surface area contributed by atoms with Gasteiger partial charge in [0.1, 0.15) is 5.01 Å². The molecule has 0 saturated carbocycles. The number of hydrogen-bond acceptors (Lipinski definition) is 8. The zero-order valence-corrected chi connectivity index (χ0v) is 19.4. The second-order valence-electron chi connectivity index (χ2n) is 7.33. The number of para-hydroxylation sites is 1. The van der Waals surface area contributed by atoms with E-state index in [1.165, 1.54) is 33.7 Å². The first-order valence-corrected chi connectivity index (χ1v) is 12.2. The van der Waals surface area contributed by atoms with Gasteiger partial charge in [-0.1, -0.05) is 30.4 Å². The summed E-state index contributed by atoms with van der Waals surface area (Å²) in [5, 5.41) is 8.22. The number of ether oxygens (including phenoxy) is 2. The van der Waals surface area contributed by atoms with Gasteiger partial charge >= 0.3 is 0 Å². The van der Waals surface area contributed by atoms with Crippen LogP contribution in [0.1, 0.15) is 34.4 Å². The van der Waals surface area contributed by atoms with Crippen molar-refractivity contribution in [3.63, 3.8) is 0 Å². The summed E-state index contributed by atoms with van der Waals surface area (Å²) in [6.07, 6.45) is 1.79. The molecule has 33 heavy (non-hydrogen) atoms. The van der Waals surface area contributed by atoms with E-state index in [4.69, 9.17) is 9.47 Å². The molecule has 0 spiro atoms. The molecule has 1 aliphatic rings. The number of carbonyl (C=O) groups excluding carboxylic acids is 1. The van der Waals surface area contributed by atoms with Crippen molar-refractivity contribution in [2.24, 2.45) is 0 Å². The lowest BCUT2D eigenvalue weighted by molar-refractivity contribution is 0.102. The summed E-state index contributed by atoms with van der Waals surface area (Å²) in [6.45, 7) is 2.23. The first-order chi connectivity index (χ1) is 16.1. The zero-order chi connectivity index (χ0) is 22.8. The number of fused-ring (bicyclic) bond motifs is 2. The lowest BCUT2D eigenvalue weighted by Crippen LogP contribution is -2.15. The molecule has 0 atom stereocenters. The van der Waals surface area contributed by atoms with Gasteiger partial charge in [-0.15, -0.1) is 11.8 Å². The second kappa shape index (κ2) is 9.24. The number of anilines is 1. The van der Waals surface area contributed by atoms with Gasteiger partial charge in [-0.2, -0.15) is 9.61 Å². The normalized spacial score (nSPS) is 12.3. The third kappa shape index (κ3) is 4.57. The number of benzene rings is 2. The Morgan fingerprint density at radius 1 is 1.18 bits per heavy atom. The van der Waals surface area contributed by atoms with Crippen LogP contribution in [0.25, 0.3) is 4.96 Å². The molecule has 0 bridgehead atoms. The van der Waals surface area contributed by atoms with E-state index in [0.717, 1.165) is 22.7 Å². The quantitative estimate of drug-likeness (QED) is 0.392. The predicted octanol–water partition coefficient (Wildman–Crippen LogP) is 4.38. The fraction of sp³-hybridized carbons (Fsp3) is 0.217. The Labute approximate surface area is 197 Å². The van der Waals surface area contributed by atoms with Gasteiger partial charge in [0.2, 0.25) is 11.8 Å². The van der Waals surface area contributed by atoms with Crippen LogP contribution in [-0.4, -0.2) is 27.3 Å². The average molecular weight is 481 g/mol.